The van der Waals surface area contributed by atoms with Crippen LogP contribution in [0.5, 0.6) is 0 Å². The van der Waals surface area contributed by atoms with Crippen LogP contribution in [0.25, 0.3) is 11.5 Å². The third-order valence-corrected chi connectivity index (χ3v) is 3.19. The van der Waals surface area contributed by atoms with Crippen molar-refractivity contribution in [2.45, 2.75) is 12.1 Å². The first-order valence-electron chi connectivity index (χ1n) is 5.68. The summed E-state index contributed by atoms with van der Waals surface area (Å²) in [4.78, 5) is 21.7. The van der Waals surface area contributed by atoms with Crippen molar-refractivity contribution in [2.75, 3.05) is 5.75 Å². The maximum atomic E-state index is 11.2. The van der Waals surface area contributed by atoms with Crippen LogP contribution in [0.15, 0.2) is 33.9 Å². The first-order chi connectivity index (χ1) is 9.56. The minimum atomic E-state index is -0.887. The number of hydrogen-bond acceptors (Lipinski definition) is 6. The Labute approximate surface area is 118 Å². The van der Waals surface area contributed by atoms with Crippen LogP contribution in [0, 0.1) is 6.92 Å². The number of rotatable bonds is 4. The van der Waals surface area contributed by atoms with Gasteiger partial charge in [0.2, 0.25) is 11.8 Å². The van der Waals surface area contributed by atoms with Gasteiger partial charge in [-0.1, -0.05) is 30.0 Å². The normalized spacial score (nSPS) is 10.2. The van der Waals surface area contributed by atoms with Gasteiger partial charge < -0.3 is 10.2 Å². The molecule has 1 aromatic heterocycles. The van der Waals surface area contributed by atoms with E-state index in [9.17, 15) is 9.59 Å². The highest BCUT2D eigenvalue weighted by atomic mass is 32.2. The van der Waals surface area contributed by atoms with E-state index in [1.165, 1.54) is 0 Å². The van der Waals surface area contributed by atoms with E-state index in [1.807, 2.05) is 36.5 Å². The number of nitrogens with zero attached hydrogens (tertiary/aromatic N) is 2. The number of thioether (sulfide) groups is 1. The van der Waals surface area contributed by atoms with Crippen LogP contribution in [0.4, 0.5) is 4.79 Å². The Morgan fingerprint density at radius 1 is 1.35 bits per heavy atom. The van der Waals surface area contributed by atoms with E-state index >= 15 is 0 Å². The molecule has 8 heteroatoms. The van der Waals surface area contributed by atoms with Crippen LogP contribution >= 0.6 is 11.8 Å². The monoisotopic (exact) mass is 292 g/mol. The van der Waals surface area contributed by atoms with Gasteiger partial charge >= 0.3 is 6.03 Å². The van der Waals surface area contributed by atoms with Gasteiger partial charge in [-0.2, -0.15) is 0 Å². The number of nitrogens with one attached hydrogen (secondary N) is 1. The molecule has 20 heavy (non-hydrogen) atoms. The molecule has 2 rings (SSSR count). The summed E-state index contributed by atoms with van der Waals surface area (Å²) in [6.45, 7) is 1.94. The zero-order valence-electron chi connectivity index (χ0n) is 10.6. The predicted molar refractivity (Wildman–Crippen MR) is 72.9 cm³/mol. The average molecular weight is 292 g/mol. The molecule has 0 radical (unpaired) electrons. The summed E-state index contributed by atoms with van der Waals surface area (Å²) >= 11 is 1.03. The lowest BCUT2D eigenvalue weighted by Gasteiger charge is -1.99. The number of aromatic nitrogens is 2. The minimum Gasteiger partial charge on any atom is -0.411 e. The molecular weight excluding hydrogens is 280 g/mol. The standard InChI is InChI=1S/C12H12N4O3S/c1-7-4-2-3-5-8(7)10-15-16-12(19-10)20-6-9(17)14-11(13)18/h2-5H,6H2,1H3,(H3,13,14,17,18). The third-order valence-electron chi connectivity index (χ3n) is 2.37. The van der Waals surface area contributed by atoms with Crippen molar-refractivity contribution in [3.63, 3.8) is 0 Å². The van der Waals surface area contributed by atoms with Crippen molar-refractivity contribution in [3.05, 3.63) is 29.8 Å². The van der Waals surface area contributed by atoms with E-state index in [0.717, 1.165) is 22.9 Å². The first kappa shape index (κ1) is 14.1. The summed E-state index contributed by atoms with van der Waals surface area (Å²) in [6, 6.07) is 6.71. The molecule has 0 spiro atoms. The van der Waals surface area contributed by atoms with E-state index in [0.29, 0.717) is 5.89 Å². The lowest BCUT2D eigenvalue weighted by molar-refractivity contribution is -0.117. The Balaban J connectivity index is 2.01. The van der Waals surface area contributed by atoms with Crippen LogP contribution in [-0.4, -0.2) is 27.9 Å². The molecule has 0 aliphatic carbocycles. The van der Waals surface area contributed by atoms with Crippen LogP contribution < -0.4 is 11.1 Å². The van der Waals surface area contributed by atoms with Crippen LogP contribution in [0.3, 0.4) is 0 Å². The number of imide groups is 1. The van der Waals surface area contributed by atoms with Gasteiger partial charge in [0.25, 0.3) is 5.22 Å². The van der Waals surface area contributed by atoms with Gasteiger partial charge in [0.1, 0.15) is 0 Å². The second-order valence-corrected chi connectivity index (χ2v) is 4.82. The van der Waals surface area contributed by atoms with Crippen LogP contribution in [0.2, 0.25) is 0 Å². The Kier molecular flexibility index (Phi) is 4.36. The van der Waals surface area contributed by atoms with Crippen molar-refractivity contribution < 1.29 is 14.0 Å². The summed E-state index contributed by atoms with van der Waals surface area (Å²) in [5.74, 6) is -0.155. The molecule has 0 saturated heterocycles. The van der Waals surface area contributed by atoms with E-state index < -0.39 is 11.9 Å². The van der Waals surface area contributed by atoms with Gasteiger partial charge in [-0.3, -0.25) is 10.1 Å². The summed E-state index contributed by atoms with van der Waals surface area (Å²) < 4.78 is 5.45. The SMILES string of the molecule is Cc1ccccc1-c1nnc(SCC(=O)NC(N)=O)o1. The van der Waals surface area contributed by atoms with Crippen molar-refractivity contribution in [1.82, 2.24) is 15.5 Å². The molecule has 3 N–H and O–H groups in total. The topological polar surface area (TPSA) is 111 Å². The number of primary amides is 1. The van der Waals surface area contributed by atoms with Crippen LogP contribution in [-0.2, 0) is 4.79 Å². The van der Waals surface area contributed by atoms with Crippen molar-refractivity contribution in [3.8, 4) is 11.5 Å². The quantitative estimate of drug-likeness (QED) is 0.822. The number of carbonyl (C=O) groups excluding carboxylic acids is 2. The predicted octanol–water partition coefficient (Wildman–Crippen LogP) is 1.33. The van der Waals surface area contributed by atoms with Gasteiger partial charge in [0.05, 0.1) is 5.75 Å². The zero-order chi connectivity index (χ0) is 14.5. The summed E-state index contributed by atoms with van der Waals surface area (Å²) in [6.07, 6.45) is 0. The summed E-state index contributed by atoms with van der Waals surface area (Å²) in [5, 5.41) is 9.96. The largest absolute Gasteiger partial charge is 0.411 e. The highest BCUT2D eigenvalue weighted by Gasteiger charge is 2.12. The number of benzene rings is 1. The van der Waals surface area contributed by atoms with E-state index in [4.69, 9.17) is 10.2 Å². The molecule has 0 fully saturated rings. The fourth-order valence-electron chi connectivity index (χ4n) is 1.49. The molecule has 0 atom stereocenters. The maximum Gasteiger partial charge on any atom is 0.318 e. The Hall–Kier alpha value is -2.35. The smallest absolute Gasteiger partial charge is 0.318 e. The van der Waals surface area contributed by atoms with Gasteiger partial charge in [-0.25, -0.2) is 4.79 Å². The lowest BCUT2D eigenvalue weighted by Crippen LogP contribution is -2.36. The fourth-order valence-corrected chi connectivity index (χ4v) is 2.05. The minimum absolute atomic E-state index is 0.0294. The van der Waals surface area contributed by atoms with Gasteiger partial charge in [0.15, 0.2) is 0 Å². The molecule has 2 aromatic rings. The molecular formula is C12H12N4O3S. The van der Waals surface area contributed by atoms with Crippen LogP contribution in [0.1, 0.15) is 5.56 Å². The Morgan fingerprint density at radius 2 is 2.10 bits per heavy atom. The first-order valence-corrected chi connectivity index (χ1v) is 6.66. The fraction of sp³-hybridized carbons (Fsp3) is 0.167. The van der Waals surface area contributed by atoms with Crippen molar-refractivity contribution in [1.29, 1.82) is 0 Å². The molecule has 1 aromatic carbocycles. The summed E-state index contributed by atoms with van der Waals surface area (Å²) in [5.41, 5.74) is 6.68. The van der Waals surface area contributed by atoms with E-state index in [2.05, 4.69) is 10.2 Å². The molecule has 3 amide bonds. The number of amides is 3. The highest BCUT2D eigenvalue weighted by molar-refractivity contribution is 7.99. The molecule has 0 aliphatic heterocycles. The molecule has 0 aliphatic rings. The average Bonchev–Trinajstić information content (AvgIpc) is 2.85. The number of urea groups is 1. The van der Waals surface area contributed by atoms with Crippen molar-refractivity contribution >= 4 is 23.7 Å². The number of aryl methyl sites for hydroxylation is 1. The molecule has 0 saturated carbocycles. The lowest BCUT2D eigenvalue weighted by atomic mass is 10.1. The molecule has 7 nitrogen and oxygen atoms in total. The molecule has 0 bridgehead atoms. The number of hydrogen-bond donors (Lipinski definition) is 2. The second kappa shape index (κ2) is 6.20. The second-order valence-electron chi connectivity index (χ2n) is 3.89. The van der Waals surface area contributed by atoms with Crippen molar-refractivity contribution in [2.24, 2.45) is 5.73 Å². The zero-order valence-corrected chi connectivity index (χ0v) is 11.4. The third kappa shape index (κ3) is 3.58. The van der Waals surface area contributed by atoms with Gasteiger partial charge in [0, 0.05) is 5.56 Å². The Morgan fingerprint density at radius 3 is 2.80 bits per heavy atom. The Bertz CT molecular complexity index is 641. The molecule has 104 valence electrons. The number of nitrogens with two attached hydrogens (primary N) is 1. The summed E-state index contributed by atoms with van der Waals surface area (Å²) in [7, 11) is 0. The molecule has 0 unspecified atom stereocenters. The molecule has 1 heterocycles. The van der Waals surface area contributed by atoms with Gasteiger partial charge in [-0.05, 0) is 18.6 Å². The van der Waals surface area contributed by atoms with Gasteiger partial charge in [-0.15, -0.1) is 10.2 Å². The van der Waals surface area contributed by atoms with E-state index in [1.54, 1.807) is 0 Å². The maximum absolute atomic E-state index is 11.2. The highest BCUT2D eigenvalue weighted by Crippen LogP contribution is 2.25. The van der Waals surface area contributed by atoms with E-state index in [-0.39, 0.29) is 11.0 Å². The number of carbonyl (C=O) groups is 2.